The van der Waals surface area contributed by atoms with Crippen molar-refractivity contribution >= 4 is 11.9 Å². The molecule has 2 aliphatic heterocycles. The van der Waals surface area contributed by atoms with Crippen LogP contribution in [0.3, 0.4) is 0 Å². The Morgan fingerprint density at radius 3 is 2.62 bits per heavy atom. The molecule has 1 aromatic heterocycles. The van der Waals surface area contributed by atoms with Crippen LogP contribution in [0.5, 0.6) is 0 Å². The van der Waals surface area contributed by atoms with Gasteiger partial charge in [-0.05, 0) is 37.9 Å². The van der Waals surface area contributed by atoms with E-state index in [1.54, 1.807) is 0 Å². The Bertz CT molecular complexity index is 806. The molecule has 0 N–H and O–H groups in total. The normalized spacial score (nSPS) is 20.5. The first kappa shape index (κ1) is 19.7. The molecule has 29 heavy (non-hydrogen) atoms. The highest BCUT2D eigenvalue weighted by atomic mass is 16.6. The number of aromatic nitrogens is 1. The molecule has 2 saturated heterocycles. The molecule has 4 rings (SSSR count). The lowest BCUT2D eigenvalue weighted by atomic mass is 9.95. The first-order valence-electron chi connectivity index (χ1n) is 10.6. The molecule has 3 heterocycles. The van der Waals surface area contributed by atoms with Crippen molar-refractivity contribution in [2.24, 2.45) is 0 Å². The van der Waals surface area contributed by atoms with Crippen LogP contribution in [0.25, 0.3) is 0 Å². The highest BCUT2D eigenvalue weighted by Gasteiger charge is 2.32. The van der Waals surface area contributed by atoms with E-state index in [9.17, 15) is 4.79 Å². The summed E-state index contributed by atoms with van der Waals surface area (Å²) in [6.45, 7) is 5.03. The van der Waals surface area contributed by atoms with Gasteiger partial charge >= 0.3 is 6.09 Å². The third-order valence-electron chi connectivity index (χ3n) is 5.92. The lowest BCUT2D eigenvalue weighted by molar-refractivity contribution is 0.0679. The molecule has 2 fully saturated rings. The van der Waals surface area contributed by atoms with Crippen LogP contribution in [0.4, 0.5) is 10.6 Å². The molecular formula is C23H30N4O2. The summed E-state index contributed by atoms with van der Waals surface area (Å²) in [6.07, 6.45) is 4.71. The molecule has 6 nitrogen and oxygen atoms in total. The Kier molecular flexibility index (Phi) is 6.30. The van der Waals surface area contributed by atoms with E-state index in [4.69, 9.17) is 9.72 Å². The van der Waals surface area contributed by atoms with Crippen LogP contribution in [0.1, 0.15) is 36.4 Å². The number of nitrogens with zero attached hydrogens (tertiary/aromatic N) is 4. The number of rotatable bonds is 4. The topological polar surface area (TPSA) is 48.9 Å². The van der Waals surface area contributed by atoms with E-state index in [-0.39, 0.29) is 12.1 Å². The summed E-state index contributed by atoms with van der Waals surface area (Å²) in [6, 6.07) is 14.0. The van der Waals surface area contributed by atoms with E-state index in [2.05, 4.69) is 22.9 Å². The number of carbonyl (C=O) groups is 1. The maximum atomic E-state index is 12.9. The molecule has 1 aromatic carbocycles. The molecule has 0 saturated carbocycles. The summed E-state index contributed by atoms with van der Waals surface area (Å²) in [7, 11) is 2.16. The van der Waals surface area contributed by atoms with E-state index in [0.29, 0.717) is 6.61 Å². The fourth-order valence-electron chi connectivity index (χ4n) is 4.23. The molecule has 6 heteroatoms. The van der Waals surface area contributed by atoms with Gasteiger partial charge in [0.1, 0.15) is 12.4 Å². The van der Waals surface area contributed by atoms with Gasteiger partial charge < -0.3 is 19.4 Å². The van der Waals surface area contributed by atoms with E-state index in [1.807, 2.05) is 47.5 Å². The minimum absolute atomic E-state index is 0.0235. The van der Waals surface area contributed by atoms with Gasteiger partial charge in [-0.2, -0.15) is 0 Å². The quantitative estimate of drug-likeness (QED) is 0.791. The van der Waals surface area contributed by atoms with E-state index in [1.165, 1.54) is 0 Å². The van der Waals surface area contributed by atoms with Crippen molar-refractivity contribution in [2.75, 3.05) is 44.7 Å². The molecule has 154 valence electrons. The minimum Gasteiger partial charge on any atom is -0.445 e. The van der Waals surface area contributed by atoms with Crippen LogP contribution in [0.2, 0.25) is 0 Å². The second-order valence-corrected chi connectivity index (χ2v) is 7.95. The van der Waals surface area contributed by atoms with Crippen LogP contribution in [-0.2, 0) is 11.3 Å². The number of pyridine rings is 1. The molecule has 0 spiro atoms. The number of anilines is 1. The summed E-state index contributed by atoms with van der Waals surface area (Å²) in [5.74, 6) is 1.02. The van der Waals surface area contributed by atoms with Crippen LogP contribution in [0, 0.1) is 0 Å². The number of amides is 1. The second kappa shape index (κ2) is 9.27. The number of piperazine rings is 1. The third kappa shape index (κ3) is 4.70. The second-order valence-electron chi connectivity index (χ2n) is 7.95. The highest BCUT2D eigenvalue weighted by molar-refractivity contribution is 5.69. The lowest BCUT2D eigenvalue weighted by Gasteiger charge is -2.39. The molecule has 2 aromatic rings. The van der Waals surface area contributed by atoms with E-state index >= 15 is 0 Å². The van der Waals surface area contributed by atoms with Gasteiger partial charge in [-0.15, -0.1) is 0 Å². The molecular weight excluding hydrogens is 364 g/mol. The van der Waals surface area contributed by atoms with E-state index < -0.39 is 0 Å². The predicted octanol–water partition coefficient (Wildman–Crippen LogP) is 3.70. The SMILES string of the molecule is CN1CCN(c2ncccc2C2CCCCN2C(=O)OCc2ccccc2)CC1. The summed E-state index contributed by atoms with van der Waals surface area (Å²) in [5, 5.41) is 0. The molecule has 0 aliphatic carbocycles. The maximum absolute atomic E-state index is 12.9. The van der Waals surface area contributed by atoms with Gasteiger partial charge in [0.25, 0.3) is 0 Å². The third-order valence-corrected chi connectivity index (χ3v) is 5.92. The molecule has 1 atom stereocenters. The smallest absolute Gasteiger partial charge is 0.410 e. The average molecular weight is 395 g/mol. The van der Waals surface area contributed by atoms with Gasteiger partial charge in [0.2, 0.25) is 0 Å². The zero-order valence-corrected chi connectivity index (χ0v) is 17.2. The molecule has 0 radical (unpaired) electrons. The van der Waals surface area contributed by atoms with Crippen LogP contribution >= 0.6 is 0 Å². The largest absolute Gasteiger partial charge is 0.445 e. The van der Waals surface area contributed by atoms with Crippen molar-refractivity contribution in [3.05, 3.63) is 59.8 Å². The van der Waals surface area contributed by atoms with Crippen LogP contribution < -0.4 is 4.90 Å². The Balaban J connectivity index is 1.51. The Morgan fingerprint density at radius 1 is 1.03 bits per heavy atom. The van der Waals surface area contributed by atoms with Crippen LogP contribution in [-0.4, -0.2) is 60.6 Å². The standard InChI is InChI=1S/C23H30N4O2/c1-25-14-16-26(17-15-25)22-20(10-7-12-24-22)21-11-5-6-13-27(21)23(28)29-18-19-8-3-2-4-9-19/h2-4,7-10,12,21H,5-6,11,13-18H2,1H3. The van der Waals surface area contributed by atoms with E-state index in [0.717, 1.165) is 68.9 Å². The summed E-state index contributed by atoms with van der Waals surface area (Å²) in [4.78, 5) is 24.3. The highest BCUT2D eigenvalue weighted by Crippen LogP contribution is 2.36. The number of ether oxygens (including phenoxy) is 1. The van der Waals surface area contributed by atoms with Crippen molar-refractivity contribution in [3.8, 4) is 0 Å². The van der Waals surface area contributed by atoms with Crippen molar-refractivity contribution < 1.29 is 9.53 Å². The van der Waals surface area contributed by atoms with Gasteiger partial charge in [-0.3, -0.25) is 0 Å². The number of piperidine rings is 1. The van der Waals surface area contributed by atoms with Gasteiger partial charge in [-0.1, -0.05) is 36.4 Å². The molecule has 1 unspecified atom stereocenters. The first-order valence-corrected chi connectivity index (χ1v) is 10.6. The number of likely N-dealkylation sites (tertiary alicyclic amines) is 1. The minimum atomic E-state index is -0.230. The summed E-state index contributed by atoms with van der Waals surface area (Å²) >= 11 is 0. The fourth-order valence-corrected chi connectivity index (χ4v) is 4.23. The van der Waals surface area contributed by atoms with Crippen LogP contribution in [0.15, 0.2) is 48.7 Å². The summed E-state index contributed by atoms with van der Waals surface area (Å²) < 4.78 is 5.67. The van der Waals surface area contributed by atoms with Crippen molar-refractivity contribution in [1.29, 1.82) is 0 Å². The Morgan fingerprint density at radius 2 is 1.83 bits per heavy atom. The van der Waals surface area contributed by atoms with Gasteiger partial charge in [-0.25, -0.2) is 9.78 Å². The zero-order valence-electron chi connectivity index (χ0n) is 17.2. The molecule has 2 aliphatic rings. The number of hydrogen-bond donors (Lipinski definition) is 0. The number of hydrogen-bond acceptors (Lipinski definition) is 5. The Hall–Kier alpha value is -2.60. The molecule has 1 amide bonds. The van der Waals surface area contributed by atoms with Crippen molar-refractivity contribution in [2.45, 2.75) is 31.9 Å². The predicted molar refractivity (Wildman–Crippen MR) is 114 cm³/mol. The van der Waals surface area contributed by atoms with Gasteiger partial charge in [0.05, 0.1) is 6.04 Å². The molecule has 0 bridgehead atoms. The Labute approximate surface area is 173 Å². The maximum Gasteiger partial charge on any atom is 0.410 e. The summed E-state index contributed by atoms with van der Waals surface area (Å²) in [5.41, 5.74) is 2.15. The van der Waals surface area contributed by atoms with Gasteiger partial charge in [0.15, 0.2) is 0 Å². The first-order chi connectivity index (χ1) is 14.2. The van der Waals surface area contributed by atoms with Crippen molar-refractivity contribution in [3.63, 3.8) is 0 Å². The van der Waals surface area contributed by atoms with Gasteiger partial charge in [0, 0.05) is 44.5 Å². The average Bonchev–Trinajstić information content (AvgIpc) is 2.79. The van der Waals surface area contributed by atoms with Crippen molar-refractivity contribution in [1.82, 2.24) is 14.8 Å². The lowest BCUT2D eigenvalue weighted by Crippen LogP contribution is -2.46. The zero-order chi connectivity index (χ0) is 20.1. The number of benzene rings is 1. The fraction of sp³-hybridized carbons (Fsp3) is 0.478. The monoisotopic (exact) mass is 394 g/mol. The number of likely N-dealkylation sites (N-methyl/N-ethyl adjacent to an activating group) is 1. The number of carbonyl (C=O) groups excluding carboxylic acids is 1.